The second-order valence-electron chi connectivity index (χ2n) is 5.29. The molecule has 0 aliphatic rings. The predicted molar refractivity (Wildman–Crippen MR) is 60.7 cm³/mol. The largest absolute Gasteiger partial charge is 0.325 e. The Balaban J connectivity index is 3.67. The molecule has 0 amide bonds. The molecule has 0 rings (SSSR count). The normalized spacial score (nSPS) is 18.7. The first kappa shape index (κ1) is 13.0. The second-order valence-corrected chi connectivity index (χ2v) is 5.29. The zero-order chi connectivity index (χ0) is 10.5. The molecular formula is C12H27N. The molecule has 80 valence electrons. The molecule has 0 aliphatic heterocycles. The van der Waals surface area contributed by atoms with Crippen LogP contribution < -0.4 is 5.73 Å². The van der Waals surface area contributed by atoms with Crippen molar-refractivity contribution in [3.05, 3.63) is 0 Å². The monoisotopic (exact) mass is 185 g/mol. The van der Waals surface area contributed by atoms with Crippen molar-refractivity contribution in [2.45, 2.75) is 65.8 Å². The van der Waals surface area contributed by atoms with Crippen molar-refractivity contribution in [2.24, 2.45) is 17.6 Å². The standard InChI is InChI=1S/C12H27N/c1-6-12(5,13)9-11(4)8-7-10(2)3/h10-11H,6-9,13H2,1-5H3. The van der Waals surface area contributed by atoms with Crippen molar-refractivity contribution in [1.82, 2.24) is 0 Å². The molecule has 0 fully saturated rings. The Morgan fingerprint density at radius 2 is 1.69 bits per heavy atom. The van der Waals surface area contributed by atoms with E-state index in [9.17, 15) is 0 Å². The molecule has 0 heterocycles. The fraction of sp³-hybridized carbons (Fsp3) is 1.00. The molecule has 0 saturated carbocycles. The Bertz CT molecular complexity index is 127. The molecule has 2 unspecified atom stereocenters. The third kappa shape index (κ3) is 7.06. The molecule has 0 saturated heterocycles. The quantitative estimate of drug-likeness (QED) is 0.672. The molecule has 13 heavy (non-hydrogen) atoms. The molecule has 0 spiro atoms. The van der Waals surface area contributed by atoms with Crippen LogP contribution in [0.5, 0.6) is 0 Å². The van der Waals surface area contributed by atoms with Crippen LogP contribution >= 0.6 is 0 Å². The average Bonchev–Trinajstić information content (AvgIpc) is 2.00. The van der Waals surface area contributed by atoms with E-state index in [1.165, 1.54) is 12.8 Å². The van der Waals surface area contributed by atoms with Gasteiger partial charge in [0.2, 0.25) is 0 Å². The summed E-state index contributed by atoms with van der Waals surface area (Å²) in [5.41, 5.74) is 6.18. The molecule has 0 aromatic carbocycles. The summed E-state index contributed by atoms with van der Waals surface area (Å²) in [4.78, 5) is 0. The minimum absolute atomic E-state index is 0.0520. The highest BCUT2D eigenvalue weighted by atomic mass is 14.7. The van der Waals surface area contributed by atoms with E-state index in [1.54, 1.807) is 0 Å². The van der Waals surface area contributed by atoms with Crippen molar-refractivity contribution in [1.29, 1.82) is 0 Å². The van der Waals surface area contributed by atoms with Crippen molar-refractivity contribution in [3.63, 3.8) is 0 Å². The summed E-state index contributed by atoms with van der Waals surface area (Å²) < 4.78 is 0. The van der Waals surface area contributed by atoms with Gasteiger partial charge in [-0.3, -0.25) is 0 Å². The summed E-state index contributed by atoms with van der Waals surface area (Å²) in [6, 6.07) is 0. The summed E-state index contributed by atoms with van der Waals surface area (Å²) >= 11 is 0. The van der Waals surface area contributed by atoms with E-state index in [2.05, 4.69) is 34.6 Å². The Morgan fingerprint density at radius 3 is 2.08 bits per heavy atom. The minimum atomic E-state index is 0.0520. The average molecular weight is 185 g/mol. The van der Waals surface area contributed by atoms with Gasteiger partial charge in [0, 0.05) is 5.54 Å². The molecule has 1 nitrogen and oxygen atoms in total. The lowest BCUT2D eigenvalue weighted by molar-refractivity contribution is 0.318. The van der Waals surface area contributed by atoms with E-state index in [1.807, 2.05) is 0 Å². The van der Waals surface area contributed by atoms with Crippen LogP contribution in [-0.2, 0) is 0 Å². The van der Waals surface area contributed by atoms with E-state index >= 15 is 0 Å². The van der Waals surface area contributed by atoms with E-state index in [0.717, 1.165) is 24.7 Å². The molecule has 2 N–H and O–H groups in total. The fourth-order valence-electron chi connectivity index (χ4n) is 1.66. The van der Waals surface area contributed by atoms with Crippen LogP contribution in [0.4, 0.5) is 0 Å². The molecule has 1 heteroatoms. The lowest BCUT2D eigenvalue weighted by Gasteiger charge is -2.26. The van der Waals surface area contributed by atoms with Gasteiger partial charge in [-0.1, -0.05) is 40.5 Å². The molecule has 0 aliphatic carbocycles. The minimum Gasteiger partial charge on any atom is -0.325 e. The fourth-order valence-corrected chi connectivity index (χ4v) is 1.66. The van der Waals surface area contributed by atoms with Gasteiger partial charge in [0.25, 0.3) is 0 Å². The summed E-state index contributed by atoms with van der Waals surface area (Å²) in [6.07, 6.45) is 4.90. The Labute approximate surface area is 84.1 Å². The van der Waals surface area contributed by atoms with Gasteiger partial charge in [0.1, 0.15) is 0 Å². The molecule has 0 radical (unpaired) electrons. The van der Waals surface area contributed by atoms with Gasteiger partial charge in [-0.2, -0.15) is 0 Å². The third-order valence-electron chi connectivity index (χ3n) is 2.86. The second kappa shape index (κ2) is 5.64. The summed E-state index contributed by atoms with van der Waals surface area (Å²) in [7, 11) is 0. The summed E-state index contributed by atoms with van der Waals surface area (Å²) in [5, 5.41) is 0. The van der Waals surface area contributed by atoms with Gasteiger partial charge in [0.05, 0.1) is 0 Å². The van der Waals surface area contributed by atoms with Gasteiger partial charge in [0.15, 0.2) is 0 Å². The Hall–Kier alpha value is -0.0400. The van der Waals surface area contributed by atoms with Crippen molar-refractivity contribution >= 4 is 0 Å². The van der Waals surface area contributed by atoms with E-state index in [0.29, 0.717) is 0 Å². The van der Waals surface area contributed by atoms with Crippen molar-refractivity contribution < 1.29 is 0 Å². The van der Waals surface area contributed by atoms with Gasteiger partial charge in [-0.15, -0.1) is 0 Å². The van der Waals surface area contributed by atoms with Crippen LogP contribution in [0.25, 0.3) is 0 Å². The zero-order valence-electron chi connectivity index (χ0n) is 10.1. The van der Waals surface area contributed by atoms with E-state index < -0.39 is 0 Å². The molecule has 0 bridgehead atoms. The van der Waals surface area contributed by atoms with Gasteiger partial charge in [-0.05, 0) is 31.6 Å². The smallest absolute Gasteiger partial charge is 0.0125 e. The van der Waals surface area contributed by atoms with Crippen molar-refractivity contribution in [2.75, 3.05) is 0 Å². The van der Waals surface area contributed by atoms with Crippen LogP contribution in [0.3, 0.4) is 0 Å². The van der Waals surface area contributed by atoms with Crippen LogP contribution in [0.2, 0.25) is 0 Å². The molecular weight excluding hydrogens is 158 g/mol. The lowest BCUT2D eigenvalue weighted by Crippen LogP contribution is -2.37. The number of rotatable bonds is 6. The maximum atomic E-state index is 6.12. The Morgan fingerprint density at radius 1 is 1.15 bits per heavy atom. The maximum Gasteiger partial charge on any atom is 0.0125 e. The molecule has 0 aromatic heterocycles. The first-order valence-electron chi connectivity index (χ1n) is 5.66. The predicted octanol–water partition coefficient (Wildman–Crippen LogP) is 3.58. The topological polar surface area (TPSA) is 26.0 Å². The number of hydrogen-bond acceptors (Lipinski definition) is 1. The number of nitrogens with two attached hydrogens (primary N) is 1. The highest BCUT2D eigenvalue weighted by Crippen LogP contribution is 2.22. The highest BCUT2D eigenvalue weighted by molar-refractivity contribution is 4.78. The number of hydrogen-bond donors (Lipinski definition) is 1. The van der Waals surface area contributed by atoms with Crippen LogP contribution in [0, 0.1) is 11.8 Å². The molecule has 0 aromatic rings. The first-order chi connectivity index (χ1) is 5.87. The van der Waals surface area contributed by atoms with Crippen LogP contribution in [-0.4, -0.2) is 5.54 Å². The van der Waals surface area contributed by atoms with E-state index in [4.69, 9.17) is 5.73 Å². The van der Waals surface area contributed by atoms with E-state index in [-0.39, 0.29) is 5.54 Å². The summed E-state index contributed by atoms with van der Waals surface area (Å²) in [6.45, 7) is 11.2. The highest BCUT2D eigenvalue weighted by Gasteiger charge is 2.19. The van der Waals surface area contributed by atoms with Crippen molar-refractivity contribution in [3.8, 4) is 0 Å². The van der Waals surface area contributed by atoms with Crippen LogP contribution in [0.15, 0.2) is 0 Å². The van der Waals surface area contributed by atoms with Gasteiger partial charge in [-0.25, -0.2) is 0 Å². The zero-order valence-corrected chi connectivity index (χ0v) is 10.1. The Kier molecular flexibility index (Phi) is 5.62. The third-order valence-corrected chi connectivity index (χ3v) is 2.86. The molecule has 2 atom stereocenters. The van der Waals surface area contributed by atoms with Gasteiger partial charge >= 0.3 is 0 Å². The van der Waals surface area contributed by atoms with Crippen LogP contribution in [0.1, 0.15) is 60.3 Å². The summed E-state index contributed by atoms with van der Waals surface area (Å²) in [5.74, 6) is 1.60. The lowest BCUT2D eigenvalue weighted by atomic mass is 9.85. The maximum absolute atomic E-state index is 6.12. The SMILES string of the molecule is CCC(C)(N)CC(C)CCC(C)C. The first-order valence-corrected chi connectivity index (χ1v) is 5.66. The van der Waals surface area contributed by atoms with Gasteiger partial charge < -0.3 is 5.73 Å².